The third kappa shape index (κ3) is 4.18. The first-order valence-corrected chi connectivity index (χ1v) is 7.24. The van der Waals surface area contributed by atoms with E-state index >= 15 is 0 Å². The predicted octanol–water partition coefficient (Wildman–Crippen LogP) is 4.07. The summed E-state index contributed by atoms with van der Waals surface area (Å²) < 4.78 is 5.39. The second-order valence-corrected chi connectivity index (χ2v) is 6.13. The summed E-state index contributed by atoms with van der Waals surface area (Å²) in [4.78, 5) is 22.0. The molecule has 0 spiro atoms. The number of ether oxygens (including phenoxy) is 1. The Balaban J connectivity index is 2.17. The molecule has 2 aromatic rings. The van der Waals surface area contributed by atoms with Gasteiger partial charge in [-0.15, -0.1) is 0 Å². The Kier molecular flexibility index (Phi) is 4.98. The van der Waals surface area contributed by atoms with E-state index in [0.717, 1.165) is 5.56 Å². The summed E-state index contributed by atoms with van der Waals surface area (Å²) >= 11 is 5.86. The number of nitrogens with zero attached hydrogens (tertiary/aromatic N) is 3. The third-order valence-electron chi connectivity index (χ3n) is 2.88. The molecule has 1 aromatic heterocycles. The summed E-state index contributed by atoms with van der Waals surface area (Å²) in [5, 5.41) is 0.225. The highest BCUT2D eigenvalue weighted by molar-refractivity contribution is 6.29. The maximum absolute atomic E-state index is 12.5. The Hall–Kier alpha value is -2.14. The van der Waals surface area contributed by atoms with Crippen molar-refractivity contribution in [3.8, 4) is 0 Å². The zero-order valence-corrected chi connectivity index (χ0v) is 13.5. The summed E-state index contributed by atoms with van der Waals surface area (Å²) in [6.07, 6.45) is 2.41. The second kappa shape index (κ2) is 6.75. The molecule has 0 bridgehead atoms. The molecule has 0 aliphatic heterocycles. The zero-order valence-electron chi connectivity index (χ0n) is 12.8. The Morgan fingerprint density at radius 1 is 1.23 bits per heavy atom. The first-order valence-electron chi connectivity index (χ1n) is 6.86. The van der Waals surface area contributed by atoms with Crippen molar-refractivity contribution in [2.24, 2.45) is 0 Å². The molecule has 116 valence electrons. The number of hydrogen-bond donors (Lipinski definition) is 0. The van der Waals surface area contributed by atoms with E-state index in [-0.39, 0.29) is 11.8 Å². The van der Waals surface area contributed by atoms with Crippen LogP contribution in [0.2, 0.25) is 5.15 Å². The Bertz CT molecular complexity index is 641. The van der Waals surface area contributed by atoms with Gasteiger partial charge in [-0.3, -0.25) is 9.88 Å². The second-order valence-electron chi connectivity index (χ2n) is 5.75. The van der Waals surface area contributed by atoms with E-state index < -0.39 is 11.6 Å². The van der Waals surface area contributed by atoms with Gasteiger partial charge >= 0.3 is 6.09 Å². The van der Waals surface area contributed by atoms with Crippen LogP contribution in [0.3, 0.4) is 0 Å². The zero-order chi connectivity index (χ0) is 16.2. The fraction of sp³-hybridized carbons (Fsp3) is 0.312. The third-order valence-corrected chi connectivity index (χ3v) is 3.06. The van der Waals surface area contributed by atoms with E-state index in [4.69, 9.17) is 16.3 Å². The van der Waals surface area contributed by atoms with Gasteiger partial charge in [-0.2, -0.15) is 0 Å². The van der Waals surface area contributed by atoms with Crippen LogP contribution in [0.15, 0.2) is 42.7 Å². The lowest BCUT2D eigenvalue weighted by Crippen LogP contribution is -2.46. The predicted molar refractivity (Wildman–Crippen MR) is 85.9 cm³/mol. The first kappa shape index (κ1) is 16.2. The van der Waals surface area contributed by atoms with Crippen LogP contribution in [0.4, 0.5) is 10.6 Å². The number of aromatic nitrogens is 2. The van der Waals surface area contributed by atoms with Gasteiger partial charge in [0.05, 0.1) is 12.4 Å². The molecule has 2 rings (SSSR count). The van der Waals surface area contributed by atoms with Crippen molar-refractivity contribution < 1.29 is 9.53 Å². The number of rotatable bonds is 3. The number of benzene rings is 1. The molecule has 1 amide bonds. The van der Waals surface area contributed by atoms with E-state index in [1.807, 2.05) is 51.1 Å². The fourth-order valence-electron chi connectivity index (χ4n) is 1.94. The maximum atomic E-state index is 12.5. The van der Waals surface area contributed by atoms with Crippen molar-refractivity contribution in [2.75, 3.05) is 4.90 Å². The molecule has 0 atom stereocenters. The van der Waals surface area contributed by atoms with Crippen LogP contribution in [-0.4, -0.2) is 21.6 Å². The minimum Gasteiger partial charge on any atom is -0.444 e. The molecule has 0 N–H and O–H groups in total. The smallest absolute Gasteiger partial charge is 0.416 e. The van der Waals surface area contributed by atoms with Gasteiger partial charge in [-0.25, -0.2) is 9.78 Å². The number of carbonyl (C=O) groups is 1. The monoisotopic (exact) mass is 319 g/mol. The van der Waals surface area contributed by atoms with Crippen LogP contribution >= 0.6 is 11.6 Å². The summed E-state index contributed by atoms with van der Waals surface area (Å²) in [5.41, 5.74) is 0.398. The van der Waals surface area contributed by atoms with Crippen LogP contribution < -0.4 is 4.90 Å². The Morgan fingerprint density at radius 3 is 2.50 bits per heavy atom. The highest BCUT2D eigenvalue weighted by Crippen LogP contribution is 2.23. The SMILES string of the molecule is CC(C)(C)N(C(=O)OCc1ccccc1)c1cncc(Cl)n1. The van der Waals surface area contributed by atoms with Crippen molar-refractivity contribution in [2.45, 2.75) is 32.9 Å². The molecule has 5 nitrogen and oxygen atoms in total. The average molecular weight is 320 g/mol. The molecule has 1 heterocycles. The molecule has 0 aliphatic carbocycles. The van der Waals surface area contributed by atoms with Crippen LogP contribution in [0, 0.1) is 0 Å². The minimum absolute atomic E-state index is 0.195. The van der Waals surface area contributed by atoms with Crippen LogP contribution in [0.1, 0.15) is 26.3 Å². The number of hydrogen-bond acceptors (Lipinski definition) is 4. The summed E-state index contributed by atoms with van der Waals surface area (Å²) in [7, 11) is 0. The van der Waals surface area contributed by atoms with Crippen molar-refractivity contribution in [3.05, 3.63) is 53.4 Å². The average Bonchev–Trinajstić information content (AvgIpc) is 2.45. The van der Waals surface area contributed by atoms with E-state index in [9.17, 15) is 4.79 Å². The molecule has 0 saturated carbocycles. The normalized spacial score (nSPS) is 11.1. The van der Waals surface area contributed by atoms with Gasteiger partial charge in [0.2, 0.25) is 0 Å². The fourth-order valence-corrected chi connectivity index (χ4v) is 2.08. The maximum Gasteiger partial charge on any atom is 0.416 e. The molecule has 0 fully saturated rings. The van der Waals surface area contributed by atoms with E-state index in [1.165, 1.54) is 17.3 Å². The lowest BCUT2D eigenvalue weighted by atomic mass is 10.1. The highest BCUT2D eigenvalue weighted by atomic mass is 35.5. The van der Waals surface area contributed by atoms with Crippen LogP contribution in [-0.2, 0) is 11.3 Å². The van der Waals surface area contributed by atoms with Gasteiger partial charge in [-0.05, 0) is 26.3 Å². The summed E-state index contributed by atoms with van der Waals surface area (Å²) in [5.74, 6) is 0.359. The highest BCUT2D eigenvalue weighted by Gasteiger charge is 2.31. The van der Waals surface area contributed by atoms with E-state index in [1.54, 1.807) is 0 Å². The van der Waals surface area contributed by atoms with Gasteiger partial charge in [0.25, 0.3) is 0 Å². The van der Waals surface area contributed by atoms with Gasteiger partial charge in [0.1, 0.15) is 11.8 Å². The van der Waals surface area contributed by atoms with E-state index in [0.29, 0.717) is 5.82 Å². The summed E-state index contributed by atoms with van der Waals surface area (Å²) in [6, 6.07) is 9.50. The van der Waals surface area contributed by atoms with Gasteiger partial charge in [0, 0.05) is 5.54 Å². The van der Waals surface area contributed by atoms with Crippen LogP contribution in [0.5, 0.6) is 0 Å². The summed E-state index contributed by atoms with van der Waals surface area (Å²) in [6.45, 7) is 5.86. The molecule has 1 aromatic carbocycles. The quantitative estimate of drug-likeness (QED) is 0.855. The minimum atomic E-state index is -0.521. The van der Waals surface area contributed by atoms with Gasteiger partial charge in [-0.1, -0.05) is 41.9 Å². The first-order chi connectivity index (χ1) is 10.4. The van der Waals surface area contributed by atoms with Gasteiger partial charge in [0.15, 0.2) is 5.82 Å². The lowest BCUT2D eigenvalue weighted by Gasteiger charge is -2.33. The largest absolute Gasteiger partial charge is 0.444 e. The number of halogens is 1. The Morgan fingerprint density at radius 2 is 1.91 bits per heavy atom. The van der Waals surface area contributed by atoms with Crippen LogP contribution in [0.25, 0.3) is 0 Å². The van der Waals surface area contributed by atoms with Crippen molar-refractivity contribution in [1.82, 2.24) is 9.97 Å². The molecule has 0 radical (unpaired) electrons. The van der Waals surface area contributed by atoms with E-state index in [2.05, 4.69) is 9.97 Å². The number of amides is 1. The molecule has 6 heteroatoms. The standard InChI is InChI=1S/C16H18ClN3O2/c1-16(2,3)20(14-10-18-9-13(17)19-14)15(21)22-11-12-7-5-4-6-8-12/h4-10H,11H2,1-3H3. The van der Waals surface area contributed by atoms with Crippen molar-refractivity contribution in [3.63, 3.8) is 0 Å². The molecule has 0 aliphatic rings. The number of carbonyl (C=O) groups excluding carboxylic acids is 1. The van der Waals surface area contributed by atoms with Crippen molar-refractivity contribution >= 4 is 23.5 Å². The molecule has 0 unspecified atom stereocenters. The molecular formula is C16H18ClN3O2. The Labute approximate surface area is 134 Å². The topological polar surface area (TPSA) is 55.3 Å². The molecular weight excluding hydrogens is 302 g/mol. The lowest BCUT2D eigenvalue weighted by molar-refractivity contribution is 0.141. The molecule has 22 heavy (non-hydrogen) atoms. The molecule has 0 saturated heterocycles. The number of anilines is 1. The van der Waals surface area contributed by atoms with Crippen molar-refractivity contribution in [1.29, 1.82) is 0 Å². The van der Waals surface area contributed by atoms with Gasteiger partial charge < -0.3 is 4.74 Å².